The van der Waals surface area contributed by atoms with Crippen LogP contribution in [0.2, 0.25) is 0 Å². The summed E-state index contributed by atoms with van der Waals surface area (Å²) in [4.78, 5) is 40.4. The van der Waals surface area contributed by atoms with Gasteiger partial charge < -0.3 is 24.8 Å². The molecule has 1 saturated heterocycles. The monoisotopic (exact) mass is 479 g/mol. The van der Waals surface area contributed by atoms with Crippen LogP contribution >= 0.6 is 0 Å². The van der Waals surface area contributed by atoms with E-state index in [0.29, 0.717) is 44.8 Å². The van der Waals surface area contributed by atoms with Crippen molar-refractivity contribution in [3.05, 3.63) is 36.0 Å². The number of carbonyl (C=O) groups is 3. The van der Waals surface area contributed by atoms with Gasteiger partial charge in [-0.05, 0) is 31.4 Å². The number of ether oxygens (including phenoxy) is 1. The zero-order chi connectivity index (χ0) is 24.8. The van der Waals surface area contributed by atoms with E-state index < -0.39 is 12.0 Å². The first-order valence-corrected chi connectivity index (χ1v) is 12.4. The van der Waals surface area contributed by atoms with E-state index in [-0.39, 0.29) is 36.6 Å². The van der Waals surface area contributed by atoms with Crippen LogP contribution in [0.25, 0.3) is 10.9 Å². The van der Waals surface area contributed by atoms with Crippen molar-refractivity contribution in [1.82, 2.24) is 20.1 Å². The molecule has 9 heteroatoms. The van der Waals surface area contributed by atoms with Crippen LogP contribution in [0.3, 0.4) is 0 Å². The predicted octanol–water partition coefficient (Wildman–Crippen LogP) is 2.11. The van der Waals surface area contributed by atoms with E-state index in [1.165, 1.54) is 0 Å². The molecule has 186 valence electrons. The smallest absolute Gasteiger partial charge is 0.268 e. The van der Waals surface area contributed by atoms with Crippen molar-refractivity contribution in [1.29, 1.82) is 5.26 Å². The summed E-state index contributed by atoms with van der Waals surface area (Å²) in [5.74, 6) is -0.882. The Hall–Kier alpha value is -3.38. The first-order valence-electron chi connectivity index (χ1n) is 12.4. The fourth-order valence-corrected chi connectivity index (χ4v) is 5.05. The van der Waals surface area contributed by atoms with E-state index in [0.717, 1.165) is 23.7 Å². The lowest BCUT2D eigenvalue weighted by atomic mass is 9.83. The quantitative estimate of drug-likeness (QED) is 0.631. The van der Waals surface area contributed by atoms with Crippen molar-refractivity contribution in [2.75, 3.05) is 26.3 Å². The normalized spacial score (nSPS) is 21.2. The standard InChI is InChI=1S/C26H33N5O4/c1-30-22-9-5-2-6-18(22)16-23(30)26(34)29-21-8-4-3-7-20(21)25(33)28-19(17-27)10-11-24(32)31-12-14-35-15-13-31/h2,5-6,9,16,19-21H,3-4,7-8,10-15H2,1H3,(H,28,33)(H,29,34). The Morgan fingerprint density at radius 3 is 2.66 bits per heavy atom. The molecular weight excluding hydrogens is 446 g/mol. The highest BCUT2D eigenvalue weighted by atomic mass is 16.5. The zero-order valence-electron chi connectivity index (χ0n) is 20.2. The van der Waals surface area contributed by atoms with E-state index in [2.05, 4.69) is 16.7 Å². The summed E-state index contributed by atoms with van der Waals surface area (Å²) in [6.07, 6.45) is 3.64. The minimum atomic E-state index is -0.746. The lowest BCUT2D eigenvalue weighted by Gasteiger charge is -2.32. The number of aromatic nitrogens is 1. The van der Waals surface area contributed by atoms with Crippen LogP contribution in [0.4, 0.5) is 0 Å². The van der Waals surface area contributed by atoms with Crippen molar-refractivity contribution >= 4 is 28.6 Å². The SMILES string of the molecule is Cn1c(C(=O)NC2CCCCC2C(=O)NC(C#N)CCC(=O)N2CCOCC2)cc2ccccc21. The number of fused-ring (bicyclic) bond motifs is 1. The third-order valence-corrected chi connectivity index (χ3v) is 7.09. The van der Waals surface area contributed by atoms with E-state index in [9.17, 15) is 19.6 Å². The molecule has 2 heterocycles. The van der Waals surface area contributed by atoms with Gasteiger partial charge >= 0.3 is 0 Å². The average Bonchev–Trinajstić information content (AvgIpc) is 3.23. The molecule has 0 radical (unpaired) electrons. The Bertz CT molecular complexity index is 1110. The molecule has 1 aromatic carbocycles. The number of hydrogen-bond acceptors (Lipinski definition) is 5. The number of aryl methyl sites for hydroxylation is 1. The number of nitrogens with zero attached hydrogens (tertiary/aromatic N) is 3. The molecule has 35 heavy (non-hydrogen) atoms. The van der Waals surface area contributed by atoms with Crippen LogP contribution < -0.4 is 10.6 Å². The number of benzene rings is 1. The highest BCUT2D eigenvalue weighted by Gasteiger charge is 2.34. The lowest BCUT2D eigenvalue weighted by molar-refractivity contribution is -0.135. The molecule has 0 bridgehead atoms. The van der Waals surface area contributed by atoms with Crippen LogP contribution in [0.15, 0.2) is 30.3 Å². The molecule has 2 fully saturated rings. The molecule has 3 amide bonds. The minimum absolute atomic E-state index is 0.0273. The maximum atomic E-state index is 13.1. The summed E-state index contributed by atoms with van der Waals surface area (Å²) >= 11 is 0. The molecule has 1 saturated carbocycles. The molecule has 1 aliphatic heterocycles. The van der Waals surface area contributed by atoms with Gasteiger partial charge in [-0.15, -0.1) is 0 Å². The maximum Gasteiger partial charge on any atom is 0.268 e. The third-order valence-electron chi connectivity index (χ3n) is 7.09. The number of nitrogens with one attached hydrogen (secondary N) is 2. The molecule has 0 spiro atoms. The maximum absolute atomic E-state index is 13.1. The zero-order valence-corrected chi connectivity index (χ0v) is 20.2. The van der Waals surface area contributed by atoms with Gasteiger partial charge in [0.1, 0.15) is 11.7 Å². The topological polar surface area (TPSA) is 116 Å². The summed E-state index contributed by atoms with van der Waals surface area (Å²) < 4.78 is 7.13. The van der Waals surface area contributed by atoms with Gasteiger partial charge in [0.05, 0.1) is 25.2 Å². The largest absolute Gasteiger partial charge is 0.378 e. The highest BCUT2D eigenvalue weighted by molar-refractivity contribution is 5.99. The number of hydrogen-bond donors (Lipinski definition) is 2. The van der Waals surface area contributed by atoms with Gasteiger partial charge in [0, 0.05) is 43.5 Å². The van der Waals surface area contributed by atoms with E-state index in [4.69, 9.17) is 4.74 Å². The third kappa shape index (κ3) is 5.82. The van der Waals surface area contributed by atoms with E-state index in [1.54, 1.807) is 4.90 Å². The number of nitriles is 1. The molecule has 2 aliphatic rings. The Balaban J connectivity index is 1.35. The Morgan fingerprint density at radius 1 is 1.17 bits per heavy atom. The summed E-state index contributed by atoms with van der Waals surface area (Å²) in [5.41, 5.74) is 1.52. The Morgan fingerprint density at radius 2 is 1.91 bits per heavy atom. The highest BCUT2D eigenvalue weighted by Crippen LogP contribution is 2.26. The van der Waals surface area contributed by atoms with Gasteiger partial charge in [-0.25, -0.2) is 0 Å². The van der Waals surface area contributed by atoms with Gasteiger partial charge in [-0.2, -0.15) is 5.26 Å². The summed E-state index contributed by atoms with van der Waals surface area (Å²) in [5, 5.41) is 16.5. The van der Waals surface area contributed by atoms with Gasteiger partial charge in [0.25, 0.3) is 5.91 Å². The van der Waals surface area contributed by atoms with Crippen LogP contribution in [-0.4, -0.2) is 65.6 Å². The second-order valence-electron chi connectivity index (χ2n) is 9.34. The molecule has 2 aromatic rings. The fraction of sp³-hybridized carbons (Fsp3) is 0.538. The first-order chi connectivity index (χ1) is 17.0. The van der Waals surface area contributed by atoms with Crippen LogP contribution in [0.1, 0.15) is 49.0 Å². The van der Waals surface area contributed by atoms with Crippen LogP contribution in [-0.2, 0) is 21.4 Å². The number of morpholine rings is 1. The molecule has 3 unspecified atom stereocenters. The second kappa shape index (κ2) is 11.4. The van der Waals surface area contributed by atoms with Crippen molar-refractivity contribution in [2.24, 2.45) is 13.0 Å². The van der Waals surface area contributed by atoms with Crippen molar-refractivity contribution in [3.8, 4) is 6.07 Å². The van der Waals surface area contributed by atoms with Crippen LogP contribution in [0.5, 0.6) is 0 Å². The summed E-state index contributed by atoms with van der Waals surface area (Å²) in [6, 6.07) is 10.7. The number of carbonyl (C=O) groups excluding carboxylic acids is 3. The van der Waals surface area contributed by atoms with E-state index >= 15 is 0 Å². The Labute approximate surface area is 205 Å². The molecule has 1 aromatic heterocycles. The van der Waals surface area contributed by atoms with Gasteiger partial charge in [-0.1, -0.05) is 31.0 Å². The lowest BCUT2D eigenvalue weighted by Crippen LogP contribution is -2.50. The van der Waals surface area contributed by atoms with Crippen molar-refractivity contribution < 1.29 is 19.1 Å². The predicted molar refractivity (Wildman–Crippen MR) is 130 cm³/mol. The van der Waals surface area contributed by atoms with Gasteiger partial charge in [-0.3, -0.25) is 14.4 Å². The molecule has 4 rings (SSSR count). The van der Waals surface area contributed by atoms with Gasteiger partial charge in [0.15, 0.2) is 0 Å². The summed E-state index contributed by atoms with van der Waals surface area (Å²) in [7, 11) is 1.86. The van der Waals surface area contributed by atoms with Crippen molar-refractivity contribution in [2.45, 2.75) is 50.6 Å². The number of amides is 3. The van der Waals surface area contributed by atoms with E-state index in [1.807, 2.05) is 41.9 Å². The minimum Gasteiger partial charge on any atom is -0.378 e. The average molecular weight is 480 g/mol. The molecule has 1 aliphatic carbocycles. The second-order valence-corrected chi connectivity index (χ2v) is 9.34. The summed E-state index contributed by atoms with van der Waals surface area (Å²) in [6.45, 7) is 2.17. The molecule has 3 atom stereocenters. The molecule has 2 N–H and O–H groups in total. The van der Waals surface area contributed by atoms with Gasteiger partial charge in [0.2, 0.25) is 11.8 Å². The van der Waals surface area contributed by atoms with Crippen LogP contribution in [0, 0.1) is 17.2 Å². The fourth-order valence-electron chi connectivity index (χ4n) is 5.05. The molecule has 9 nitrogen and oxygen atoms in total. The molecular formula is C26H33N5O4. The number of rotatable bonds is 7. The van der Waals surface area contributed by atoms with Crippen molar-refractivity contribution in [3.63, 3.8) is 0 Å². The first kappa shape index (κ1) is 24.7. The Kier molecular flexibility index (Phi) is 8.03. The number of para-hydroxylation sites is 1.